The molecule has 1 amide bonds. The number of rotatable bonds is 7. The molecule has 0 aliphatic carbocycles. The lowest BCUT2D eigenvalue weighted by Crippen LogP contribution is -2.13. The summed E-state index contributed by atoms with van der Waals surface area (Å²) < 4.78 is 12.7. The number of carbonyl (C=O) groups is 2. The van der Waals surface area contributed by atoms with Gasteiger partial charge >= 0.3 is 11.5 Å². The molecule has 188 valence electrons. The maximum Gasteiger partial charge on any atom is 0.411 e. The van der Waals surface area contributed by atoms with Gasteiger partial charge in [0, 0.05) is 24.3 Å². The van der Waals surface area contributed by atoms with Gasteiger partial charge in [0.1, 0.15) is 19.8 Å². The fraction of sp³-hybridized carbons (Fsp3) is 0.192. The van der Waals surface area contributed by atoms with E-state index in [9.17, 15) is 9.59 Å². The van der Waals surface area contributed by atoms with Gasteiger partial charge in [-0.3, -0.25) is 5.32 Å². The molecule has 0 saturated heterocycles. The van der Waals surface area contributed by atoms with E-state index in [1.54, 1.807) is 0 Å². The summed E-state index contributed by atoms with van der Waals surface area (Å²) in [4.78, 5) is 28.0. The third-order valence-corrected chi connectivity index (χ3v) is 5.92. The predicted molar refractivity (Wildman–Crippen MR) is 141 cm³/mol. The predicted octanol–water partition coefficient (Wildman–Crippen LogP) is 6.40. The quantitative estimate of drug-likeness (QED) is 0.222. The largest absolute Gasteiger partial charge is 0.449 e. The van der Waals surface area contributed by atoms with Crippen LogP contribution >= 0.6 is 22.9 Å². The summed E-state index contributed by atoms with van der Waals surface area (Å²) >= 11 is 6.46. The standard InChI is InChI=1S/C18H19N3O3S.C8H7ClO2/c1-3-24-20-17-21(2)15-10-9-14(11-16(15)25-17)19-18(22)23-12-13-7-5-4-6-8-13;9-8(10)11-6-7-4-2-1-3-5-7/h4-11H,3,12H2,1-2H3,(H,19,22);1-5H,6H2. The Balaban J connectivity index is 0.000000275. The fourth-order valence-electron chi connectivity index (χ4n) is 3.01. The van der Waals surface area contributed by atoms with Gasteiger partial charge in [0.15, 0.2) is 0 Å². The second-order valence-electron chi connectivity index (χ2n) is 7.33. The SMILES string of the molecule is CCON=c1sc2cc(NC(=O)OCc3ccccc3)ccc2n1C.O=C(Cl)OCc1ccccc1. The zero-order valence-corrected chi connectivity index (χ0v) is 21.4. The Bertz CT molecular complexity index is 1340. The van der Waals surface area contributed by atoms with Gasteiger partial charge < -0.3 is 18.9 Å². The van der Waals surface area contributed by atoms with Crippen LogP contribution in [0.15, 0.2) is 84.0 Å². The van der Waals surface area contributed by atoms with Gasteiger partial charge in [-0.05, 0) is 36.2 Å². The van der Waals surface area contributed by atoms with Crippen molar-refractivity contribution in [3.63, 3.8) is 0 Å². The van der Waals surface area contributed by atoms with Gasteiger partial charge in [0.2, 0.25) is 4.80 Å². The lowest BCUT2D eigenvalue weighted by atomic mass is 10.2. The van der Waals surface area contributed by atoms with E-state index in [-0.39, 0.29) is 13.2 Å². The van der Waals surface area contributed by atoms with E-state index in [1.807, 2.05) is 97.4 Å². The van der Waals surface area contributed by atoms with Crippen LogP contribution in [0.4, 0.5) is 15.3 Å². The number of nitrogens with zero attached hydrogens (tertiary/aromatic N) is 2. The molecule has 4 aromatic rings. The molecule has 0 saturated carbocycles. The first-order chi connectivity index (χ1) is 17.5. The van der Waals surface area contributed by atoms with Crippen LogP contribution in [-0.4, -0.2) is 22.7 Å². The molecule has 3 aromatic carbocycles. The van der Waals surface area contributed by atoms with Crippen LogP contribution in [0.3, 0.4) is 0 Å². The van der Waals surface area contributed by atoms with E-state index in [2.05, 4.69) is 15.2 Å². The smallest absolute Gasteiger partial charge is 0.411 e. The zero-order chi connectivity index (χ0) is 25.8. The van der Waals surface area contributed by atoms with Gasteiger partial charge in [-0.1, -0.05) is 77.2 Å². The van der Waals surface area contributed by atoms with E-state index in [1.165, 1.54) is 11.3 Å². The average molecular weight is 528 g/mol. The number of amides is 1. The summed E-state index contributed by atoms with van der Waals surface area (Å²) in [6.07, 6.45) is -0.483. The number of aryl methyl sites for hydroxylation is 1. The van der Waals surface area contributed by atoms with Crippen LogP contribution in [0.2, 0.25) is 0 Å². The third-order valence-electron chi connectivity index (χ3n) is 4.74. The maximum atomic E-state index is 12.0. The van der Waals surface area contributed by atoms with Crippen LogP contribution in [0.25, 0.3) is 10.2 Å². The summed E-state index contributed by atoms with van der Waals surface area (Å²) in [7, 11) is 1.93. The third kappa shape index (κ3) is 8.44. The first-order valence-electron chi connectivity index (χ1n) is 11.1. The molecular formula is C26H26ClN3O5S. The molecule has 0 aliphatic rings. The molecule has 36 heavy (non-hydrogen) atoms. The molecule has 0 atom stereocenters. The molecule has 0 unspecified atom stereocenters. The van der Waals surface area contributed by atoms with Gasteiger partial charge in [-0.2, -0.15) is 0 Å². The summed E-state index contributed by atoms with van der Waals surface area (Å²) in [5, 5.41) is 6.84. The van der Waals surface area contributed by atoms with Gasteiger partial charge in [-0.25, -0.2) is 9.59 Å². The molecule has 0 fully saturated rings. The molecule has 4 rings (SSSR count). The monoisotopic (exact) mass is 527 g/mol. The minimum absolute atomic E-state index is 0.236. The van der Waals surface area contributed by atoms with Crippen molar-refractivity contribution in [1.29, 1.82) is 0 Å². The van der Waals surface area contributed by atoms with E-state index in [0.717, 1.165) is 26.1 Å². The minimum atomic E-state index is -0.770. The number of hydrogen-bond acceptors (Lipinski definition) is 7. The first-order valence-corrected chi connectivity index (χ1v) is 12.2. The van der Waals surface area contributed by atoms with Crippen LogP contribution in [0.5, 0.6) is 0 Å². The zero-order valence-electron chi connectivity index (χ0n) is 19.8. The molecule has 1 N–H and O–H groups in total. The number of ether oxygens (including phenoxy) is 2. The van der Waals surface area contributed by atoms with Crippen molar-refractivity contribution in [1.82, 2.24) is 4.57 Å². The Hall–Kier alpha value is -3.82. The molecule has 1 aromatic heterocycles. The molecule has 10 heteroatoms. The number of thiazole rings is 1. The average Bonchev–Trinajstić information content (AvgIpc) is 3.21. The lowest BCUT2D eigenvalue weighted by molar-refractivity contribution is 0.146. The number of halogens is 1. The summed E-state index contributed by atoms with van der Waals surface area (Å²) in [6.45, 7) is 2.89. The van der Waals surface area contributed by atoms with Crippen molar-refractivity contribution in [3.8, 4) is 0 Å². The molecule has 0 radical (unpaired) electrons. The molecule has 8 nitrogen and oxygen atoms in total. The first kappa shape index (κ1) is 26.8. The molecule has 0 aliphatic heterocycles. The lowest BCUT2D eigenvalue weighted by Gasteiger charge is -2.07. The highest BCUT2D eigenvalue weighted by Gasteiger charge is 2.08. The summed E-state index contributed by atoms with van der Waals surface area (Å²) in [5.41, 5.74) is 2.80. The van der Waals surface area contributed by atoms with Crippen LogP contribution in [0.1, 0.15) is 18.1 Å². The molecule has 1 heterocycles. The maximum absolute atomic E-state index is 12.0. The summed E-state index contributed by atoms with van der Waals surface area (Å²) in [6, 6.07) is 24.6. The molecular weight excluding hydrogens is 502 g/mol. The number of carbonyl (C=O) groups excluding carboxylic acids is 2. The van der Waals surface area contributed by atoms with E-state index in [0.29, 0.717) is 12.3 Å². The fourth-order valence-corrected chi connectivity index (χ4v) is 4.08. The second-order valence-corrected chi connectivity index (χ2v) is 8.65. The number of anilines is 1. The number of hydrogen-bond donors (Lipinski definition) is 1. The Kier molecular flexibility index (Phi) is 10.3. The van der Waals surface area contributed by atoms with Gasteiger partial charge in [0.25, 0.3) is 0 Å². The van der Waals surface area contributed by atoms with Crippen molar-refractivity contribution in [3.05, 3.63) is 94.8 Å². The van der Waals surface area contributed by atoms with Crippen molar-refractivity contribution in [2.45, 2.75) is 20.1 Å². The van der Waals surface area contributed by atoms with Crippen LogP contribution < -0.4 is 10.1 Å². The van der Waals surface area contributed by atoms with E-state index in [4.69, 9.17) is 21.2 Å². The highest BCUT2D eigenvalue weighted by Crippen LogP contribution is 2.21. The van der Waals surface area contributed by atoms with E-state index < -0.39 is 11.5 Å². The highest BCUT2D eigenvalue weighted by atomic mass is 35.5. The summed E-state index contributed by atoms with van der Waals surface area (Å²) in [5.74, 6) is 0. The second kappa shape index (κ2) is 13.9. The van der Waals surface area contributed by atoms with Crippen molar-refractivity contribution >= 4 is 50.4 Å². The Morgan fingerprint density at radius 1 is 0.944 bits per heavy atom. The van der Waals surface area contributed by atoms with E-state index >= 15 is 0 Å². The Labute approximate surface area is 217 Å². The molecule has 0 spiro atoms. The number of benzene rings is 3. The molecule has 0 bridgehead atoms. The van der Waals surface area contributed by atoms with Crippen LogP contribution in [-0.2, 0) is 34.6 Å². The minimum Gasteiger partial charge on any atom is -0.449 e. The van der Waals surface area contributed by atoms with Crippen molar-refractivity contribution < 1.29 is 23.9 Å². The Morgan fingerprint density at radius 3 is 2.14 bits per heavy atom. The van der Waals surface area contributed by atoms with Crippen LogP contribution in [0, 0.1) is 0 Å². The van der Waals surface area contributed by atoms with Gasteiger partial charge in [-0.15, -0.1) is 0 Å². The van der Waals surface area contributed by atoms with Crippen molar-refractivity contribution in [2.75, 3.05) is 11.9 Å². The number of nitrogens with one attached hydrogen (secondary N) is 1. The van der Waals surface area contributed by atoms with Gasteiger partial charge in [0.05, 0.1) is 10.2 Å². The highest BCUT2D eigenvalue weighted by molar-refractivity contribution is 7.16. The Morgan fingerprint density at radius 2 is 1.56 bits per heavy atom. The number of aromatic nitrogens is 1. The normalized spacial score (nSPS) is 10.8. The number of fused-ring (bicyclic) bond motifs is 1. The topological polar surface area (TPSA) is 91.1 Å². The van der Waals surface area contributed by atoms with Crippen molar-refractivity contribution in [2.24, 2.45) is 12.2 Å².